The number of rotatable bonds is 7. The molecule has 4 radical (unpaired) electrons. The Hall–Kier alpha value is -2.27. The summed E-state index contributed by atoms with van der Waals surface area (Å²) < 4.78 is 59.1. The molecule has 0 aliphatic carbocycles. The molecule has 3 atom stereocenters. The predicted octanol–water partition coefficient (Wildman–Crippen LogP) is 6.26. The summed E-state index contributed by atoms with van der Waals surface area (Å²) in [7, 11) is -4.11. The van der Waals surface area contributed by atoms with E-state index < -0.39 is 16.4 Å². The Bertz CT molecular complexity index is 1140. The molecule has 12 heteroatoms. The first-order valence-electron chi connectivity index (χ1n) is 13.9. The van der Waals surface area contributed by atoms with Crippen molar-refractivity contribution in [3.05, 3.63) is 124 Å². The van der Waals surface area contributed by atoms with Crippen LogP contribution < -0.4 is 10.4 Å². The van der Waals surface area contributed by atoms with E-state index >= 15 is 0 Å². The van der Waals surface area contributed by atoms with Crippen molar-refractivity contribution in [2.75, 3.05) is 0 Å². The average molecular weight is 777 g/mol. The Kier molecular flexibility index (Phi) is 41.8. The van der Waals surface area contributed by atoms with Crippen LogP contribution in [-0.4, -0.2) is 34.7 Å². The molecule has 0 saturated heterocycles. The van der Waals surface area contributed by atoms with E-state index in [4.69, 9.17) is 37.1 Å². The number of hydrogen-bond donors (Lipinski definition) is 0. The molecule has 0 N–H and O–H groups in total. The summed E-state index contributed by atoms with van der Waals surface area (Å²) in [5.74, 6) is 0. The molecule has 260 valence electrons. The summed E-state index contributed by atoms with van der Waals surface area (Å²) >= 11 is 0. The fraction of sp³-hybridized carbons (Fsp3) is 0.389. The molecule has 1 unspecified atom stereocenters. The van der Waals surface area contributed by atoms with Gasteiger partial charge in [0.2, 0.25) is 0 Å². The molecule has 2 aromatic rings. The number of benzene rings is 2. The minimum absolute atomic E-state index is 0. The van der Waals surface area contributed by atoms with Gasteiger partial charge in [-0.2, -0.15) is 0 Å². The van der Waals surface area contributed by atoms with E-state index in [2.05, 4.69) is 172 Å². The monoisotopic (exact) mass is 776 g/mol. The first-order chi connectivity index (χ1) is 22.1. The van der Waals surface area contributed by atoms with Crippen LogP contribution in [0.1, 0.15) is 47.0 Å². The van der Waals surface area contributed by atoms with Gasteiger partial charge in [0.25, 0.3) is 8.32 Å². The topological polar surface area (TPSA) is 138 Å². The van der Waals surface area contributed by atoms with Crippen LogP contribution in [0.4, 0.5) is 0 Å². The van der Waals surface area contributed by atoms with Crippen LogP contribution >= 0.6 is 0 Å². The third-order valence-electron chi connectivity index (χ3n) is 6.39. The average Bonchev–Trinajstić information content (AvgIpc) is 3.09. The number of hydrogen-bond acceptors (Lipinski definition) is 2. The molecular weight excluding hydrogens is 734 g/mol. The van der Waals surface area contributed by atoms with E-state index in [0.717, 1.165) is 19.3 Å². The van der Waals surface area contributed by atoms with Gasteiger partial charge in [0.1, 0.15) is 0 Å². The van der Waals surface area contributed by atoms with Gasteiger partial charge in [0, 0.05) is 33.6 Å². The molecule has 3 rings (SSSR count). The van der Waals surface area contributed by atoms with Crippen molar-refractivity contribution >= 4 is 26.8 Å². The summed E-state index contributed by atoms with van der Waals surface area (Å²) in [5, 5.41) is 2.56. The first-order valence-corrected chi connectivity index (χ1v) is 19.3. The fourth-order valence-corrected chi connectivity index (χ4v) is 10.1. The molecule has 2 aromatic carbocycles. The first kappa shape index (κ1) is 58.0. The Balaban J connectivity index is -0.000000284. The molecule has 0 bridgehead atoms. The van der Waals surface area contributed by atoms with Crippen LogP contribution in [-0.2, 0) is 70.6 Å². The third-order valence-corrected chi connectivity index (χ3v) is 12.4. The minimum atomic E-state index is -2.65. The normalized spacial score (nSPS) is 16.9. The molecule has 1 heterocycles. The zero-order chi connectivity index (χ0) is 36.8. The Morgan fingerprint density at radius 1 is 0.708 bits per heavy atom. The Morgan fingerprint density at radius 2 is 1.08 bits per heavy atom. The van der Waals surface area contributed by atoms with Crippen molar-refractivity contribution in [1.82, 2.24) is 0 Å². The standard InChI is InChI=1S/C30H42O2Si2.6CO.2Co/c1-8-28-29(22-16-15-17-25(31-28)23-24-33(5,6)7)32-34(30(2,3)4,26-18-11-9-12-19-26)27-20-13-10-14-21-27;6*1-2;;/h9-16,18-21,25,28-29H,8,17,22H2,1-7H3;;;;;;;;/b16-15-,24-23?;;;;;;;;/t25?,28-,29-;;;;;;;;/m1......../s1. The summed E-state index contributed by atoms with van der Waals surface area (Å²) in [5.41, 5.74) is 3.52. The molecule has 0 aromatic heterocycles. The maximum Gasteiger partial charge on any atom is 0 e. The van der Waals surface area contributed by atoms with Crippen molar-refractivity contribution in [1.29, 1.82) is 0 Å². The number of ether oxygens (including phenoxy) is 1. The molecule has 48 heavy (non-hydrogen) atoms. The van der Waals surface area contributed by atoms with Crippen molar-refractivity contribution < 1.29 is 70.6 Å². The SMILES string of the molecule is CC[C@H]1OC([C]=[C][Si](C)(C)C)C/C=C\C[C@H]1O[Si](c1ccccc1)(c1ccccc1)C(C)(C)C.[C-]#[O+].[C-]#[O+].[C-]#[O+].[C-]#[O+].[C-]#[O+].[C-]#[O+].[Co].[Co]. The molecule has 1 aliphatic rings. The fourth-order valence-electron chi connectivity index (χ4n) is 4.75. The van der Waals surface area contributed by atoms with Gasteiger partial charge in [-0.25, -0.2) is 0 Å². The van der Waals surface area contributed by atoms with Gasteiger partial charge in [-0.15, -0.1) is 0 Å². The van der Waals surface area contributed by atoms with Crippen LogP contribution in [0.5, 0.6) is 0 Å². The quantitative estimate of drug-likeness (QED) is 0.142. The second-order valence-corrected chi connectivity index (χ2v) is 20.4. The maximum absolute atomic E-state index is 7.50. The van der Waals surface area contributed by atoms with Crippen molar-refractivity contribution in [3.63, 3.8) is 0 Å². The van der Waals surface area contributed by atoms with E-state index in [1.807, 2.05) is 0 Å². The van der Waals surface area contributed by atoms with Gasteiger partial charge in [-0.1, -0.05) is 126 Å². The second-order valence-electron chi connectivity index (χ2n) is 11.4. The molecule has 0 fully saturated rings. The van der Waals surface area contributed by atoms with E-state index in [1.54, 1.807) is 0 Å². The van der Waals surface area contributed by atoms with Crippen molar-refractivity contribution in [2.24, 2.45) is 0 Å². The van der Waals surface area contributed by atoms with Crippen molar-refractivity contribution in [3.8, 4) is 0 Å². The second kappa shape index (κ2) is 34.6. The molecule has 0 spiro atoms. The minimum Gasteiger partial charge on any atom is 0 e. The largest absolute Gasteiger partial charge is 0 e. The van der Waals surface area contributed by atoms with Gasteiger partial charge in [-0.05, 0) is 40.8 Å². The maximum atomic E-state index is 7.50. The van der Waals surface area contributed by atoms with Crippen LogP contribution in [0.2, 0.25) is 24.7 Å². The smallest absolute Gasteiger partial charge is 0 e. The van der Waals surface area contributed by atoms with E-state index in [1.165, 1.54) is 10.4 Å². The van der Waals surface area contributed by atoms with Crippen LogP contribution in [0.15, 0.2) is 72.8 Å². The molecular formula is C36H42Co2O8Si2. The van der Waals surface area contributed by atoms with Crippen LogP contribution in [0.3, 0.4) is 0 Å². The predicted molar refractivity (Wildman–Crippen MR) is 173 cm³/mol. The van der Waals surface area contributed by atoms with Crippen LogP contribution in [0, 0.1) is 51.7 Å². The molecule has 1 aliphatic heterocycles. The van der Waals surface area contributed by atoms with Gasteiger partial charge in [0.15, 0.2) is 0 Å². The van der Waals surface area contributed by atoms with Crippen LogP contribution in [0.25, 0.3) is 0 Å². The molecule has 8 nitrogen and oxygen atoms in total. The van der Waals surface area contributed by atoms with Gasteiger partial charge in [-0.3, -0.25) is 0 Å². The summed E-state index contributed by atoms with van der Waals surface area (Å²) in [4.78, 5) is 0. The Labute approximate surface area is 310 Å². The van der Waals surface area contributed by atoms with Crippen molar-refractivity contribution in [2.45, 2.75) is 89.9 Å². The molecule has 0 saturated carbocycles. The zero-order valence-electron chi connectivity index (χ0n) is 28.2. The molecule has 0 amide bonds. The summed E-state index contributed by atoms with van der Waals surface area (Å²) in [6.45, 7) is 43.1. The van der Waals surface area contributed by atoms with Gasteiger partial charge in [0.05, 0.1) is 26.4 Å². The van der Waals surface area contributed by atoms with Gasteiger partial charge >= 0.3 is 67.8 Å². The Morgan fingerprint density at radius 3 is 1.42 bits per heavy atom. The van der Waals surface area contributed by atoms with Gasteiger partial charge < -0.3 is 9.16 Å². The van der Waals surface area contributed by atoms with E-state index in [0.29, 0.717) is 0 Å². The third kappa shape index (κ3) is 20.3. The summed E-state index contributed by atoms with van der Waals surface area (Å²) in [6.07, 6.45) is 10.5. The van der Waals surface area contributed by atoms with E-state index in [9.17, 15) is 0 Å². The summed E-state index contributed by atoms with van der Waals surface area (Å²) in [6, 6.07) is 21.8. The zero-order valence-corrected chi connectivity index (χ0v) is 32.3. The van der Waals surface area contributed by atoms with E-state index in [-0.39, 0.29) is 56.9 Å².